The monoisotopic (exact) mass is 290 g/mol. The molecular formula is C17H26N2S. The lowest BCUT2D eigenvalue weighted by Crippen LogP contribution is -2.33. The molecule has 1 saturated heterocycles. The summed E-state index contributed by atoms with van der Waals surface area (Å²) in [6.45, 7) is 3.60. The van der Waals surface area contributed by atoms with Crippen molar-refractivity contribution in [2.24, 2.45) is 11.7 Å². The van der Waals surface area contributed by atoms with Gasteiger partial charge in [0.2, 0.25) is 0 Å². The Morgan fingerprint density at radius 3 is 2.50 bits per heavy atom. The van der Waals surface area contributed by atoms with Crippen molar-refractivity contribution in [2.45, 2.75) is 45.1 Å². The molecule has 0 aliphatic carbocycles. The van der Waals surface area contributed by atoms with Gasteiger partial charge in [0.25, 0.3) is 0 Å². The van der Waals surface area contributed by atoms with Gasteiger partial charge >= 0.3 is 0 Å². The largest absolute Gasteiger partial charge is 0.393 e. The molecule has 0 unspecified atom stereocenters. The van der Waals surface area contributed by atoms with Gasteiger partial charge in [-0.05, 0) is 50.3 Å². The standard InChI is InChI=1S/C17H26N2S/c18-17(20)9-5-4-6-15-10-12-19(13-11-15)14-16-7-2-1-3-8-16/h1-3,7-8,15H,4-6,9-14H2,(H2,18,20). The minimum absolute atomic E-state index is 0.669. The zero-order valence-corrected chi connectivity index (χ0v) is 13.1. The molecule has 0 bridgehead atoms. The maximum atomic E-state index is 5.53. The number of unbranched alkanes of at least 4 members (excludes halogenated alkanes) is 1. The number of hydrogen-bond donors (Lipinski definition) is 1. The third-order valence-corrected chi connectivity index (χ3v) is 4.45. The molecule has 0 radical (unpaired) electrons. The van der Waals surface area contributed by atoms with E-state index in [0.29, 0.717) is 4.99 Å². The Balaban J connectivity index is 1.61. The first-order valence-corrected chi connectivity index (χ1v) is 8.19. The van der Waals surface area contributed by atoms with Gasteiger partial charge in [-0.2, -0.15) is 0 Å². The van der Waals surface area contributed by atoms with Crippen molar-refractivity contribution in [3.63, 3.8) is 0 Å². The highest BCUT2D eigenvalue weighted by molar-refractivity contribution is 7.80. The number of thiocarbonyl (C=S) groups is 1. The van der Waals surface area contributed by atoms with E-state index >= 15 is 0 Å². The molecule has 2 N–H and O–H groups in total. The van der Waals surface area contributed by atoms with Gasteiger partial charge in [0.15, 0.2) is 0 Å². The van der Waals surface area contributed by atoms with Gasteiger partial charge in [0, 0.05) is 6.54 Å². The molecule has 1 fully saturated rings. The van der Waals surface area contributed by atoms with Crippen molar-refractivity contribution in [2.75, 3.05) is 13.1 Å². The molecule has 0 atom stereocenters. The number of nitrogens with zero attached hydrogens (tertiary/aromatic N) is 1. The number of likely N-dealkylation sites (tertiary alicyclic amines) is 1. The van der Waals surface area contributed by atoms with E-state index in [2.05, 4.69) is 35.2 Å². The smallest absolute Gasteiger partial charge is 0.0727 e. The molecule has 2 rings (SSSR count). The molecule has 1 aliphatic rings. The first-order chi connectivity index (χ1) is 9.74. The summed E-state index contributed by atoms with van der Waals surface area (Å²) < 4.78 is 0. The fourth-order valence-electron chi connectivity index (χ4n) is 3.01. The second kappa shape index (κ2) is 8.38. The molecule has 0 saturated carbocycles. The van der Waals surface area contributed by atoms with Crippen LogP contribution in [0.5, 0.6) is 0 Å². The third kappa shape index (κ3) is 5.59. The van der Waals surface area contributed by atoms with Crippen LogP contribution in [-0.4, -0.2) is 23.0 Å². The molecule has 1 heterocycles. The topological polar surface area (TPSA) is 29.3 Å². The normalized spacial score (nSPS) is 17.2. The Kier molecular flexibility index (Phi) is 6.48. The van der Waals surface area contributed by atoms with Crippen LogP contribution in [0.25, 0.3) is 0 Å². The van der Waals surface area contributed by atoms with Crippen LogP contribution in [0.4, 0.5) is 0 Å². The van der Waals surface area contributed by atoms with Crippen LogP contribution in [0.15, 0.2) is 30.3 Å². The number of piperidine rings is 1. The maximum Gasteiger partial charge on any atom is 0.0727 e. The summed E-state index contributed by atoms with van der Waals surface area (Å²) in [6, 6.07) is 10.8. The van der Waals surface area contributed by atoms with Crippen molar-refractivity contribution in [1.29, 1.82) is 0 Å². The Morgan fingerprint density at radius 1 is 1.15 bits per heavy atom. The van der Waals surface area contributed by atoms with Gasteiger partial charge in [-0.3, -0.25) is 4.90 Å². The fraction of sp³-hybridized carbons (Fsp3) is 0.588. The van der Waals surface area contributed by atoms with Crippen molar-refractivity contribution in [1.82, 2.24) is 4.90 Å². The van der Waals surface area contributed by atoms with Crippen LogP contribution < -0.4 is 5.73 Å². The van der Waals surface area contributed by atoms with Gasteiger partial charge in [0.1, 0.15) is 0 Å². The second-order valence-electron chi connectivity index (χ2n) is 5.92. The van der Waals surface area contributed by atoms with Crippen LogP contribution in [0.3, 0.4) is 0 Å². The van der Waals surface area contributed by atoms with Gasteiger partial charge in [-0.1, -0.05) is 55.4 Å². The van der Waals surface area contributed by atoms with E-state index in [1.807, 2.05) is 0 Å². The highest BCUT2D eigenvalue weighted by Gasteiger charge is 2.18. The lowest BCUT2D eigenvalue weighted by molar-refractivity contribution is 0.170. The summed E-state index contributed by atoms with van der Waals surface area (Å²) >= 11 is 4.91. The zero-order chi connectivity index (χ0) is 14.2. The molecule has 110 valence electrons. The number of rotatable bonds is 7. The molecule has 20 heavy (non-hydrogen) atoms. The maximum absolute atomic E-state index is 5.53. The summed E-state index contributed by atoms with van der Waals surface area (Å²) in [5, 5.41) is 0. The van der Waals surface area contributed by atoms with Gasteiger partial charge in [-0.25, -0.2) is 0 Å². The van der Waals surface area contributed by atoms with E-state index < -0.39 is 0 Å². The average molecular weight is 290 g/mol. The minimum Gasteiger partial charge on any atom is -0.393 e. The Labute approximate surface area is 128 Å². The molecular weight excluding hydrogens is 264 g/mol. The summed E-state index contributed by atoms with van der Waals surface area (Å²) in [5.41, 5.74) is 6.96. The number of nitrogens with two attached hydrogens (primary N) is 1. The van der Waals surface area contributed by atoms with E-state index in [1.54, 1.807) is 0 Å². The lowest BCUT2D eigenvalue weighted by Gasteiger charge is -2.32. The van der Waals surface area contributed by atoms with Crippen LogP contribution in [-0.2, 0) is 6.54 Å². The lowest BCUT2D eigenvalue weighted by atomic mass is 9.91. The third-order valence-electron chi connectivity index (χ3n) is 4.24. The number of benzene rings is 1. The molecule has 0 spiro atoms. The molecule has 0 aromatic heterocycles. The first-order valence-electron chi connectivity index (χ1n) is 7.78. The predicted molar refractivity (Wildman–Crippen MR) is 89.7 cm³/mol. The van der Waals surface area contributed by atoms with Crippen molar-refractivity contribution in [3.8, 4) is 0 Å². The minimum atomic E-state index is 0.669. The molecule has 3 heteroatoms. The Morgan fingerprint density at radius 2 is 1.85 bits per heavy atom. The summed E-state index contributed by atoms with van der Waals surface area (Å²) in [7, 11) is 0. The number of hydrogen-bond acceptors (Lipinski definition) is 2. The first kappa shape index (κ1) is 15.5. The van der Waals surface area contributed by atoms with Gasteiger partial charge in [0.05, 0.1) is 4.99 Å². The van der Waals surface area contributed by atoms with Crippen LogP contribution in [0, 0.1) is 5.92 Å². The summed E-state index contributed by atoms with van der Waals surface area (Å²) in [6.07, 6.45) is 7.41. The van der Waals surface area contributed by atoms with Crippen molar-refractivity contribution in [3.05, 3.63) is 35.9 Å². The molecule has 0 amide bonds. The average Bonchev–Trinajstić information content (AvgIpc) is 2.46. The predicted octanol–water partition coefficient (Wildman–Crippen LogP) is 3.75. The van der Waals surface area contributed by atoms with Gasteiger partial charge in [-0.15, -0.1) is 0 Å². The quantitative estimate of drug-likeness (QED) is 0.612. The van der Waals surface area contributed by atoms with E-state index in [0.717, 1.165) is 18.9 Å². The molecule has 1 aromatic rings. The second-order valence-corrected chi connectivity index (χ2v) is 6.44. The highest BCUT2D eigenvalue weighted by atomic mass is 32.1. The van der Waals surface area contributed by atoms with Crippen molar-refractivity contribution < 1.29 is 0 Å². The Bertz CT molecular complexity index is 397. The Hall–Kier alpha value is -0.930. The van der Waals surface area contributed by atoms with E-state index in [1.165, 1.54) is 50.8 Å². The van der Waals surface area contributed by atoms with Crippen molar-refractivity contribution >= 4 is 17.2 Å². The molecule has 1 aliphatic heterocycles. The fourth-order valence-corrected chi connectivity index (χ4v) is 3.15. The molecule has 2 nitrogen and oxygen atoms in total. The van der Waals surface area contributed by atoms with Crippen LogP contribution >= 0.6 is 12.2 Å². The van der Waals surface area contributed by atoms with E-state index in [-0.39, 0.29) is 0 Å². The summed E-state index contributed by atoms with van der Waals surface area (Å²) in [5.74, 6) is 0.911. The van der Waals surface area contributed by atoms with Crippen LogP contribution in [0.2, 0.25) is 0 Å². The zero-order valence-electron chi connectivity index (χ0n) is 12.3. The summed E-state index contributed by atoms with van der Waals surface area (Å²) in [4.78, 5) is 3.25. The molecule has 1 aromatic carbocycles. The highest BCUT2D eigenvalue weighted by Crippen LogP contribution is 2.23. The SMILES string of the molecule is NC(=S)CCCCC1CCN(Cc2ccccc2)CC1. The van der Waals surface area contributed by atoms with E-state index in [9.17, 15) is 0 Å². The van der Waals surface area contributed by atoms with E-state index in [4.69, 9.17) is 18.0 Å². The van der Waals surface area contributed by atoms with Crippen LogP contribution in [0.1, 0.15) is 44.1 Å². The van der Waals surface area contributed by atoms with Gasteiger partial charge < -0.3 is 5.73 Å².